The van der Waals surface area contributed by atoms with E-state index in [1.807, 2.05) is 52.0 Å². The number of unbranched alkanes of at least 4 members (excludes halogenated alkanes) is 1. The number of thiophene rings is 1. The van der Waals surface area contributed by atoms with Gasteiger partial charge in [0, 0.05) is 32.7 Å². The van der Waals surface area contributed by atoms with Crippen molar-refractivity contribution < 1.29 is 32.4 Å². The summed E-state index contributed by atoms with van der Waals surface area (Å²) in [6.07, 6.45) is 4.15. The van der Waals surface area contributed by atoms with E-state index < -0.39 is 69.1 Å². The van der Waals surface area contributed by atoms with Gasteiger partial charge in [-0.1, -0.05) is 90.8 Å². The second kappa shape index (κ2) is 17.2. The number of rotatable bonds is 17. The lowest BCUT2D eigenvalue weighted by atomic mass is 9.86. The molecule has 1 unspecified atom stereocenters. The summed E-state index contributed by atoms with van der Waals surface area (Å²) >= 11 is 1.12. The van der Waals surface area contributed by atoms with Crippen LogP contribution in [0.25, 0.3) is 0 Å². The first-order valence-corrected chi connectivity index (χ1v) is 21.8. The molecule has 3 aliphatic rings. The number of likely N-dealkylation sites (tertiary alicyclic amines) is 1. The Morgan fingerprint density at radius 3 is 2.27 bits per heavy atom. The fraction of sp³-hybridized carbons (Fsp3) is 0.585. The van der Waals surface area contributed by atoms with Gasteiger partial charge >= 0.3 is 6.03 Å². The molecule has 5 amide bonds. The van der Waals surface area contributed by atoms with E-state index in [1.54, 1.807) is 22.4 Å². The predicted molar refractivity (Wildman–Crippen MR) is 216 cm³/mol. The lowest BCUT2D eigenvalue weighted by Gasteiger charge is -2.37. The average Bonchev–Trinajstić information content (AvgIpc) is 3.75. The number of likely N-dealkylation sites (N-methyl/N-ethyl adjacent to an activating group) is 1. The quantitative estimate of drug-likeness (QED) is 0.139. The molecule has 1 aliphatic heterocycles. The third-order valence-electron chi connectivity index (χ3n) is 11.9. The van der Waals surface area contributed by atoms with Crippen LogP contribution in [-0.2, 0) is 42.0 Å². The van der Waals surface area contributed by atoms with Gasteiger partial charge in [-0.25, -0.2) is 13.2 Å². The van der Waals surface area contributed by atoms with E-state index in [0.717, 1.165) is 28.9 Å². The molecule has 2 fully saturated rings. The number of hydrogen-bond donors (Lipinski definition) is 4. The summed E-state index contributed by atoms with van der Waals surface area (Å²) in [6.45, 7) is 15.8. The van der Waals surface area contributed by atoms with Crippen LogP contribution in [0.2, 0.25) is 0 Å². The third kappa shape index (κ3) is 9.21. The van der Waals surface area contributed by atoms with Gasteiger partial charge < -0.3 is 26.2 Å². The van der Waals surface area contributed by atoms with Gasteiger partial charge in [-0.2, -0.15) is 4.31 Å². The minimum Gasteiger partial charge on any atom is -0.346 e. The Morgan fingerprint density at radius 1 is 1.04 bits per heavy atom. The molecule has 0 bridgehead atoms. The number of carbonyl (C=O) groups is 5. The number of sulfonamides is 1. The van der Waals surface area contributed by atoms with Gasteiger partial charge in [0.25, 0.3) is 15.9 Å². The van der Waals surface area contributed by atoms with Crippen molar-refractivity contribution in [3.8, 4) is 0 Å². The fourth-order valence-corrected chi connectivity index (χ4v) is 10.7. The summed E-state index contributed by atoms with van der Waals surface area (Å²) in [7, 11) is -2.32. The van der Waals surface area contributed by atoms with Crippen molar-refractivity contribution in [3.63, 3.8) is 0 Å². The molecule has 2 aliphatic carbocycles. The molecule has 306 valence electrons. The summed E-state index contributed by atoms with van der Waals surface area (Å²) in [5, 5.41) is 13.0. The molecule has 13 nitrogen and oxygen atoms in total. The minimum atomic E-state index is -3.80. The summed E-state index contributed by atoms with van der Waals surface area (Å²) in [6, 6.07) is 6.86. The Morgan fingerprint density at radius 2 is 1.70 bits per heavy atom. The summed E-state index contributed by atoms with van der Waals surface area (Å²) in [4.78, 5) is 70.8. The van der Waals surface area contributed by atoms with Crippen molar-refractivity contribution in [1.29, 1.82) is 0 Å². The van der Waals surface area contributed by atoms with Crippen LogP contribution in [0.3, 0.4) is 0 Å². The molecule has 1 saturated carbocycles. The molecular formula is C41H58N6O7S2. The number of urea groups is 1. The topological polar surface area (TPSA) is 174 Å². The van der Waals surface area contributed by atoms with E-state index in [4.69, 9.17) is 0 Å². The second-order valence-corrected chi connectivity index (χ2v) is 20.3. The monoisotopic (exact) mass is 810 g/mol. The highest BCUT2D eigenvalue weighted by Gasteiger charge is 2.70. The van der Waals surface area contributed by atoms with Crippen LogP contribution in [0, 0.1) is 28.6 Å². The van der Waals surface area contributed by atoms with Gasteiger partial charge in [0.1, 0.15) is 16.3 Å². The first-order chi connectivity index (χ1) is 26.3. The number of nitrogens with one attached hydrogen (secondary N) is 4. The van der Waals surface area contributed by atoms with Crippen LogP contribution in [-0.4, -0.2) is 98.0 Å². The summed E-state index contributed by atoms with van der Waals surface area (Å²) in [5.41, 5.74) is 1.36. The smallest absolute Gasteiger partial charge is 0.315 e. The number of fused-ring (bicyclic) bond motifs is 2. The normalized spacial score (nSPS) is 21.6. The van der Waals surface area contributed by atoms with Crippen molar-refractivity contribution in [2.75, 3.05) is 26.7 Å². The zero-order chi connectivity index (χ0) is 41.2. The number of carbonyl (C=O) groups excluding carboxylic acids is 5. The number of benzene rings is 1. The maximum atomic E-state index is 14.9. The van der Waals surface area contributed by atoms with Gasteiger partial charge in [0.05, 0.1) is 6.04 Å². The predicted octanol–water partition coefficient (Wildman–Crippen LogP) is 3.90. The van der Waals surface area contributed by atoms with Crippen molar-refractivity contribution in [2.24, 2.45) is 28.6 Å². The van der Waals surface area contributed by atoms with Gasteiger partial charge in [-0.3, -0.25) is 19.2 Å². The molecule has 2 aromatic rings. The number of nitrogens with zero attached hydrogens (tertiary/aromatic N) is 2. The van der Waals surface area contributed by atoms with Gasteiger partial charge in [-0.05, 0) is 70.4 Å². The number of hydrogen-bond acceptors (Lipinski definition) is 8. The molecule has 4 N–H and O–H groups in total. The third-order valence-corrected chi connectivity index (χ3v) is 15.1. The van der Waals surface area contributed by atoms with E-state index in [1.165, 1.54) is 17.4 Å². The SMILES string of the molecule is C=CCNC(=O)C(=O)C(CCCC)NC(=O)[C@@H]1[C@@H]2[C@H](CN1C(=O)[C@@H](NC(=O)N[C@H](CN(C)S(=O)(=O)c1cccs1)C(C)(C)C)C1Cc3ccccc3C1)C2(C)C. The van der Waals surface area contributed by atoms with Crippen molar-refractivity contribution in [3.05, 3.63) is 65.6 Å². The summed E-state index contributed by atoms with van der Waals surface area (Å²) in [5.74, 6) is -2.92. The standard InChI is InChI=1S/C41H58N6O7S2/c1-9-11-17-29(35(48)37(50)42-19-10-2)43-36(49)34-32-28(41(32,6)7)23-47(34)38(51)33(27-21-25-15-12-13-16-26(25)22-27)45-39(52)44-30(40(3,4)5)24-46(8)56(53,54)31-18-14-20-55-31/h10,12-16,18,20,27-30,32-34H,2,9,11,17,19,21-24H2,1,3-8H3,(H,42,50)(H,43,49)(H2,44,45,52)/t28-,29?,30+,32-,33-,34-/m0/s1. The lowest BCUT2D eigenvalue weighted by Crippen LogP contribution is -2.61. The number of piperidine rings is 1. The molecule has 15 heteroatoms. The molecule has 5 rings (SSSR count). The van der Waals surface area contributed by atoms with Crippen LogP contribution in [0.1, 0.15) is 71.9 Å². The largest absolute Gasteiger partial charge is 0.346 e. The molecular weight excluding hydrogens is 753 g/mol. The zero-order valence-corrected chi connectivity index (χ0v) is 35.2. The van der Waals surface area contributed by atoms with Gasteiger partial charge in [0.2, 0.25) is 17.6 Å². The average molecular weight is 811 g/mol. The molecule has 0 spiro atoms. The maximum absolute atomic E-state index is 14.9. The van der Waals surface area contributed by atoms with Crippen LogP contribution in [0.5, 0.6) is 0 Å². The van der Waals surface area contributed by atoms with Crippen molar-refractivity contribution in [2.45, 2.75) is 102 Å². The van der Waals surface area contributed by atoms with Crippen LogP contribution in [0.4, 0.5) is 4.79 Å². The van der Waals surface area contributed by atoms with E-state index in [0.29, 0.717) is 25.8 Å². The van der Waals surface area contributed by atoms with Crippen molar-refractivity contribution >= 4 is 50.9 Å². The lowest BCUT2D eigenvalue weighted by molar-refractivity contribution is -0.144. The summed E-state index contributed by atoms with van der Waals surface area (Å²) < 4.78 is 28.1. The van der Waals surface area contributed by atoms with Gasteiger partial charge in [-0.15, -0.1) is 17.9 Å². The highest BCUT2D eigenvalue weighted by Crippen LogP contribution is 2.65. The van der Waals surface area contributed by atoms with E-state index in [2.05, 4.69) is 41.7 Å². The highest BCUT2D eigenvalue weighted by molar-refractivity contribution is 7.91. The molecule has 1 saturated heterocycles. The molecule has 0 radical (unpaired) electrons. The Balaban J connectivity index is 1.40. The first-order valence-electron chi connectivity index (χ1n) is 19.5. The molecule has 2 heterocycles. The molecule has 56 heavy (non-hydrogen) atoms. The Kier molecular flexibility index (Phi) is 13.2. The number of ketones is 1. The second-order valence-electron chi connectivity index (χ2n) is 17.1. The van der Waals surface area contributed by atoms with Crippen LogP contribution >= 0.6 is 11.3 Å². The Hall–Kier alpha value is -4.08. The van der Waals surface area contributed by atoms with Gasteiger partial charge in [0.15, 0.2) is 0 Å². The Bertz CT molecular complexity index is 1880. The maximum Gasteiger partial charge on any atom is 0.315 e. The minimum absolute atomic E-state index is 0.0129. The first kappa shape index (κ1) is 43.1. The Labute approximate surface area is 335 Å². The van der Waals surface area contributed by atoms with E-state index in [-0.39, 0.29) is 46.9 Å². The number of Topliss-reactive ketones (excluding diaryl/α,β-unsaturated/α-hetero) is 1. The zero-order valence-electron chi connectivity index (χ0n) is 33.6. The fourth-order valence-electron chi connectivity index (χ4n) is 8.34. The molecule has 1 aromatic heterocycles. The van der Waals surface area contributed by atoms with E-state index >= 15 is 0 Å². The van der Waals surface area contributed by atoms with Crippen LogP contribution in [0.15, 0.2) is 58.6 Å². The van der Waals surface area contributed by atoms with E-state index in [9.17, 15) is 32.4 Å². The molecule has 1 aromatic carbocycles. The number of amides is 5. The van der Waals surface area contributed by atoms with Crippen molar-refractivity contribution in [1.82, 2.24) is 30.5 Å². The highest BCUT2D eigenvalue weighted by atomic mass is 32.2. The van der Waals surface area contributed by atoms with Crippen LogP contribution < -0.4 is 21.3 Å². The molecule has 6 atom stereocenters.